The summed E-state index contributed by atoms with van der Waals surface area (Å²) in [6.45, 7) is 4.81. The van der Waals surface area contributed by atoms with Crippen LogP contribution < -0.4 is 0 Å². The normalized spacial score (nSPS) is 16.9. The van der Waals surface area contributed by atoms with Gasteiger partial charge in [-0.2, -0.15) is 0 Å². The minimum Gasteiger partial charge on any atom is -0.464 e. The number of carbonyl (C=O) groups is 2. The fraction of sp³-hybridized carbons (Fsp3) is 0.409. The van der Waals surface area contributed by atoms with Crippen molar-refractivity contribution < 1.29 is 14.3 Å². The molecule has 1 fully saturated rings. The van der Waals surface area contributed by atoms with E-state index in [0.29, 0.717) is 25.3 Å². The lowest BCUT2D eigenvalue weighted by Gasteiger charge is -2.33. The lowest BCUT2D eigenvalue weighted by Crippen LogP contribution is -2.48. The lowest BCUT2D eigenvalue weighted by molar-refractivity contribution is -0.149. The number of benzene rings is 1. The van der Waals surface area contributed by atoms with E-state index in [2.05, 4.69) is 36.2 Å². The number of hydrogen-bond acceptors (Lipinski definition) is 5. The van der Waals surface area contributed by atoms with Crippen LogP contribution in [0.2, 0.25) is 0 Å². The third-order valence-electron chi connectivity index (χ3n) is 5.41. The average molecular weight is 412 g/mol. The van der Waals surface area contributed by atoms with Gasteiger partial charge in [-0.25, -0.2) is 9.78 Å². The predicted octanol–water partition coefficient (Wildman–Crippen LogP) is 4.18. The van der Waals surface area contributed by atoms with E-state index in [9.17, 15) is 9.59 Å². The van der Waals surface area contributed by atoms with Crippen molar-refractivity contribution in [1.82, 2.24) is 14.3 Å². The van der Waals surface area contributed by atoms with Crippen molar-refractivity contribution in [2.24, 2.45) is 0 Å². The zero-order valence-electron chi connectivity index (χ0n) is 16.8. The number of imidazole rings is 1. The minimum absolute atomic E-state index is 0.140. The SMILES string of the molecule is CCOC(=O)[C@@H]1CCCCN1C(=O)c1csc2nc(-c3ccc(CC)cc3)cn12. The summed E-state index contributed by atoms with van der Waals surface area (Å²) < 4.78 is 7.04. The number of thiazole rings is 1. The summed E-state index contributed by atoms with van der Waals surface area (Å²) in [7, 11) is 0. The molecule has 152 valence electrons. The Hall–Kier alpha value is -2.67. The highest BCUT2D eigenvalue weighted by molar-refractivity contribution is 7.15. The van der Waals surface area contributed by atoms with Gasteiger partial charge >= 0.3 is 5.97 Å². The van der Waals surface area contributed by atoms with Gasteiger partial charge in [-0.3, -0.25) is 9.20 Å². The number of likely N-dealkylation sites (tertiary alicyclic amines) is 1. The minimum atomic E-state index is -0.504. The summed E-state index contributed by atoms with van der Waals surface area (Å²) in [5.74, 6) is -0.450. The maximum absolute atomic E-state index is 13.3. The Bertz CT molecular complexity index is 1020. The van der Waals surface area contributed by atoms with E-state index >= 15 is 0 Å². The van der Waals surface area contributed by atoms with Crippen LogP contribution in [0.4, 0.5) is 0 Å². The predicted molar refractivity (Wildman–Crippen MR) is 113 cm³/mol. The summed E-state index contributed by atoms with van der Waals surface area (Å²) in [4.78, 5) is 32.8. The van der Waals surface area contributed by atoms with Crippen molar-refractivity contribution in [1.29, 1.82) is 0 Å². The first kappa shape index (κ1) is 19.6. The Kier molecular flexibility index (Phi) is 5.67. The van der Waals surface area contributed by atoms with E-state index in [1.807, 2.05) is 16.0 Å². The van der Waals surface area contributed by atoms with Crippen LogP contribution in [0, 0.1) is 0 Å². The van der Waals surface area contributed by atoms with E-state index in [4.69, 9.17) is 4.74 Å². The van der Waals surface area contributed by atoms with Gasteiger partial charge in [-0.1, -0.05) is 31.2 Å². The van der Waals surface area contributed by atoms with Crippen LogP contribution in [0.15, 0.2) is 35.8 Å². The van der Waals surface area contributed by atoms with Crippen LogP contribution in [-0.2, 0) is 16.0 Å². The monoisotopic (exact) mass is 411 g/mol. The molecule has 1 saturated heterocycles. The molecule has 1 amide bonds. The molecule has 3 heterocycles. The number of hydrogen-bond donors (Lipinski definition) is 0. The van der Waals surface area contributed by atoms with Gasteiger partial charge in [0.1, 0.15) is 11.7 Å². The molecule has 0 radical (unpaired) electrons. The topological polar surface area (TPSA) is 63.9 Å². The van der Waals surface area contributed by atoms with E-state index in [1.165, 1.54) is 16.9 Å². The molecule has 0 N–H and O–H groups in total. The molecule has 0 bridgehead atoms. The lowest BCUT2D eigenvalue weighted by atomic mass is 10.0. The quantitative estimate of drug-likeness (QED) is 0.591. The first-order chi connectivity index (χ1) is 14.1. The fourth-order valence-electron chi connectivity index (χ4n) is 3.79. The molecule has 29 heavy (non-hydrogen) atoms. The van der Waals surface area contributed by atoms with Gasteiger partial charge in [0.25, 0.3) is 5.91 Å². The molecule has 2 aromatic heterocycles. The molecule has 7 heteroatoms. The maximum Gasteiger partial charge on any atom is 0.328 e. The highest BCUT2D eigenvalue weighted by Gasteiger charge is 2.34. The Labute approximate surface area is 174 Å². The molecule has 1 atom stereocenters. The number of nitrogens with zero attached hydrogens (tertiary/aromatic N) is 3. The molecule has 1 aromatic carbocycles. The van der Waals surface area contributed by atoms with Crippen LogP contribution in [0.25, 0.3) is 16.2 Å². The van der Waals surface area contributed by atoms with Gasteiger partial charge in [-0.15, -0.1) is 11.3 Å². The van der Waals surface area contributed by atoms with Crippen molar-refractivity contribution in [2.45, 2.75) is 45.6 Å². The van der Waals surface area contributed by atoms with Crippen LogP contribution >= 0.6 is 11.3 Å². The van der Waals surface area contributed by atoms with Gasteiger partial charge in [0, 0.05) is 23.7 Å². The molecule has 0 unspecified atom stereocenters. The van der Waals surface area contributed by atoms with Gasteiger partial charge < -0.3 is 9.64 Å². The molecule has 0 spiro atoms. The molecule has 1 aliphatic rings. The summed E-state index contributed by atoms with van der Waals surface area (Å²) in [5.41, 5.74) is 3.69. The van der Waals surface area contributed by atoms with E-state index in [0.717, 1.165) is 35.5 Å². The molecule has 6 nitrogen and oxygen atoms in total. The number of aromatic nitrogens is 2. The zero-order chi connectivity index (χ0) is 20.4. The number of piperidine rings is 1. The van der Waals surface area contributed by atoms with Crippen molar-refractivity contribution in [3.63, 3.8) is 0 Å². The summed E-state index contributed by atoms with van der Waals surface area (Å²) in [5, 5.41) is 1.82. The van der Waals surface area contributed by atoms with Crippen LogP contribution in [0.1, 0.15) is 49.2 Å². The van der Waals surface area contributed by atoms with Gasteiger partial charge in [0.15, 0.2) is 4.96 Å². The number of ether oxygens (including phenoxy) is 1. The number of fused-ring (bicyclic) bond motifs is 1. The second kappa shape index (κ2) is 8.37. The van der Waals surface area contributed by atoms with Crippen LogP contribution in [0.3, 0.4) is 0 Å². The maximum atomic E-state index is 13.3. The molecule has 0 aliphatic carbocycles. The molecule has 4 rings (SSSR count). The van der Waals surface area contributed by atoms with Crippen molar-refractivity contribution in [2.75, 3.05) is 13.2 Å². The summed E-state index contributed by atoms with van der Waals surface area (Å²) in [6, 6.07) is 7.83. The van der Waals surface area contributed by atoms with E-state index in [-0.39, 0.29) is 11.9 Å². The average Bonchev–Trinajstić information content (AvgIpc) is 3.34. The number of aryl methyl sites for hydroxylation is 1. The highest BCUT2D eigenvalue weighted by atomic mass is 32.1. The molecule has 0 saturated carbocycles. The highest BCUT2D eigenvalue weighted by Crippen LogP contribution is 2.27. The number of amides is 1. The van der Waals surface area contributed by atoms with Crippen molar-refractivity contribution in [3.05, 3.63) is 47.1 Å². The van der Waals surface area contributed by atoms with Crippen molar-refractivity contribution >= 4 is 28.2 Å². The first-order valence-corrected chi connectivity index (χ1v) is 11.0. The summed E-state index contributed by atoms with van der Waals surface area (Å²) >= 11 is 1.44. The number of rotatable bonds is 5. The number of carbonyl (C=O) groups excluding carboxylic acids is 2. The van der Waals surface area contributed by atoms with E-state index in [1.54, 1.807) is 11.8 Å². The largest absolute Gasteiger partial charge is 0.464 e. The van der Waals surface area contributed by atoms with Gasteiger partial charge in [0.05, 0.1) is 12.3 Å². The Morgan fingerprint density at radius 3 is 2.72 bits per heavy atom. The van der Waals surface area contributed by atoms with Crippen molar-refractivity contribution in [3.8, 4) is 11.3 Å². The molecule has 3 aromatic rings. The van der Waals surface area contributed by atoms with Crippen LogP contribution in [-0.4, -0.2) is 45.4 Å². The second-order valence-electron chi connectivity index (χ2n) is 7.21. The Morgan fingerprint density at radius 1 is 1.21 bits per heavy atom. The van der Waals surface area contributed by atoms with E-state index < -0.39 is 6.04 Å². The second-order valence-corrected chi connectivity index (χ2v) is 8.05. The van der Waals surface area contributed by atoms with Crippen LogP contribution in [0.5, 0.6) is 0 Å². The third kappa shape index (κ3) is 3.79. The zero-order valence-corrected chi connectivity index (χ0v) is 17.6. The Morgan fingerprint density at radius 2 is 2.00 bits per heavy atom. The third-order valence-corrected chi connectivity index (χ3v) is 6.25. The summed E-state index contributed by atoms with van der Waals surface area (Å²) in [6.07, 6.45) is 5.37. The number of esters is 1. The fourth-order valence-corrected chi connectivity index (χ4v) is 4.64. The van der Waals surface area contributed by atoms with Gasteiger partial charge in [0.2, 0.25) is 0 Å². The smallest absolute Gasteiger partial charge is 0.328 e. The molecule has 1 aliphatic heterocycles. The standard InChI is InChI=1S/C22H25N3O3S/c1-3-15-8-10-16(11-9-15)17-13-25-19(14-29-22(25)23-17)20(26)24-12-6-5-7-18(24)21(27)28-4-2/h8-11,13-14,18H,3-7,12H2,1-2H3/t18-/m0/s1. The molecular weight excluding hydrogens is 386 g/mol. The first-order valence-electron chi connectivity index (χ1n) is 10.2. The molecular formula is C22H25N3O3S. The Balaban J connectivity index is 1.63. The van der Waals surface area contributed by atoms with Gasteiger partial charge in [-0.05, 0) is 38.2 Å².